The number of nitrogens with one attached hydrogen (secondary N) is 1. The van der Waals surface area contributed by atoms with Crippen molar-refractivity contribution in [2.24, 2.45) is 0 Å². The molecular formula is C13H26N2O. The van der Waals surface area contributed by atoms with Gasteiger partial charge in [0.25, 0.3) is 0 Å². The van der Waals surface area contributed by atoms with Crippen molar-refractivity contribution in [2.75, 3.05) is 26.8 Å². The fourth-order valence-corrected chi connectivity index (χ4v) is 2.72. The molecule has 94 valence electrons. The van der Waals surface area contributed by atoms with Crippen molar-refractivity contribution in [3.05, 3.63) is 0 Å². The molecule has 0 aromatic heterocycles. The molecule has 0 amide bonds. The van der Waals surface area contributed by atoms with E-state index in [0.29, 0.717) is 6.04 Å². The van der Waals surface area contributed by atoms with Crippen molar-refractivity contribution < 1.29 is 4.74 Å². The smallest absolute Gasteiger partial charge is 0.0630 e. The third-order valence-corrected chi connectivity index (χ3v) is 3.90. The Labute approximate surface area is 99.5 Å². The Bertz CT molecular complexity index is 206. The first kappa shape index (κ1) is 12.3. The van der Waals surface area contributed by atoms with E-state index in [9.17, 15) is 0 Å². The second-order valence-corrected chi connectivity index (χ2v) is 5.37. The predicted molar refractivity (Wildman–Crippen MR) is 66.7 cm³/mol. The van der Waals surface area contributed by atoms with Gasteiger partial charge in [-0.15, -0.1) is 0 Å². The van der Waals surface area contributed by atoms with E-state index in [1.807, 2.05) is 7.11 Å². The summed E-state index contributed by atoms with van der Waals surface area (Å²) in [6, 6.07) is 2.11. The first-order chi connectivity index (χ1) is 7.81. The minimum Gasteiger partial charge on any atom is -0.383 e. The average molecular weight is 226 g/mol. The number of nitrogens with zero attached hydrogens (tertiary/aromatic N) is 1. The molecule has 0 bridgehead atoms. The van der Waals surface area contributed by atoms with Crippen LogP contribution in [-0.4, -0.2) is 49.8 Å². The summed E-state index contributed by atoms with van der Waals surface area (Å²) in [5.74, 6) is 0. The third-order valence-electron chi connectivity index (χ3n) is 3.90. The minimum atomic E-state index is 0.570. The highest BCUT2D eigenvalue weighted by Gasteiger charge is 2.28. The lowest BCUT2D eigenvalue weighted by atomic mass is 10.0. The molecule has 1 heterocycles. The van der Waals surface area contributed by atoms with Crippen LogP contribution >= 0.6 is 0 Å². The van der Waals surface area contributed by atoms with Crippen molar-refractivity contribution >= 4 is 0 Å². The third kappa shape index (κ3) is 3.44. The maximum Gasteiger partial charge on any atom is 0.0630 e. The van der Waals surface area contributed by atoms with Crippen LogP contribution in [0.5, 0.6) is 0 Å². The van der Waals surface area contributed by atoms with E-state index >= 15 is 0 Å². The van der Waals surface area contributed by atoms with Crippen molar-refractivity contribution in [1.82, 2.24) is 10.2 Å². The lowest BCUT2D eigenvalue weighted by Gasteiger charge is -2.39. The summed E-state index contributed by atoms with van der Waals surface area (Å²) in [5.41, 5.74) is 0. The Kier molecular flexibility index (Phi) is 4.62. The maximum absolute atomic E-state index is 5.38. The van der Waals surface area contributed by atoms with Gasteiger partial charge in [-0.05, 0) is 39.2 Å². The standard InChI is InChI=1S/C13H26N2O/c1-11-5-3-4-8-15(11)13(10-16-2)9-14-12-6-7-12/h11-14H,3-10H2,1-2H3. The van der Waals surface area contributed by atoms with E-state index < -0.39 is 0 Å². The molecule has 2 unspecified atom stereocenters. The lowest BCUT2D eigenvalue weighted by molar-refractivity contribution is 0.0463. The summed E-state index contributed by atoms with van der Waals surface area (Å²) in [6.07, 6.45) is 6.84. The van der Waals surface area contributed by atoms with Gasteiger partial charge in [0.1, 0.15) is 0 Å². The number of hydrogen-bond acceptors (Lipinski definition) is 3. The Balaban J connectivity index is 1.82. The molecule has 2 rings (SSSR count). The molecule has 3 heteroatoms. The fraction of sp³-hybridized carbons (Fsp3) is 1.00. The van der Waals surface area contributed by atoms with Crippen molar-refractivity contribution in [2.45, 2.75) is 57.2 Å². The maximum atomic E-state index is 5.38. The van der Waals surface area contributed by atoms with E-state index in [2.05, 4.69) is 17.1 Å². The molecule has 2 atom stereocenters. The van der Waals surface area contributed by atoms with Gasteiger partial charge in [0.05, 0.1) is 6.61 Å². The summed E-state index contributed by atoms with van der Waals surface area (Å²) in [4.78, 5) is 2.64. The van der Waals surface area contributed by atoms with Gasteiger partial charge in [-0.2, -0.15) is 0 Å². The van der Waals surface area contributed by atoms with Crippen molar-refractivity contribution in [3.63, 3.8) is 0 Å². The van der Waals surface area contributed by atoms with E-state index in [-0.39, 0.29) is 0 Å². The highest BCUT2D eigenvalue weighted by molar-refractivity contribution is 4.86. The normalized spacial score (nSPS) is 29.2. The molecule has 16 heavy (non-hydrogen) atoms. The molecule has 0 spiro atoms. The zero-order valence-electron chi connectivity index (χ0n) is 10.7. The molecule has 1 saturated carbocycles. The van der Waals surface area contributed by atoms with Gasteiger partial charge < -0.3 is 10.1 Å². The second-order valence-electron chi connectivity index (χ2n) is 5.37. The minimum absolute atomic E-state index is 0.570. The first-order valence-corrected chi connectivity index (χ1v) is 6.79. The van der Waals surface area contributed by atoms with Gasteiger partial charge in [0, 0.05) is 31.8 Å². The highest BCUT2D eigenvalue weighted by atomic mass is 16.5. The summed E-state index contributed by atoms with van der Waals surface area (Å²) in [5, 5.41) is 3.64. The highest BCUT2D eigenvalue weighted by Crippen LogP contribution is 2.21. The van der Waals surface area contributed by atoms with Crippen LogP contribution in [-0.2, 0) is 4.74 Å². The molecular weight excluding hydrogens is 200 g/mol. The van der Waals surface area contributed by atoms with E-state index in [0.717, 1.165) is 25.2 Å². The summed E-state index contributed by atoms with van der Waals surface area (Å²) < 4.78 is 5.38. The van der Waals surface area contributed by atoms with E-state index in [1.165, 1.54) is 38.6 Å². The molecule has 0 aromatic rings. The van der Waals surface area contributed by atoms with Gasteiger partial charge in [0.15, 0.2) is 0 Å². The van der Waals surface area contributed by atoms with Gasteiger partial charge in [-0.25, -0.2) is 0 Å². The monoisotopic (exact) mass is 226 g/mol. The number of piperidine rings is 1. The van der Waals surface area contributed by atoms with Crippen LogP contribution in [0.15, 0.2) is 0 Å². The first-order valence-electron chi connectivity index (χ1n) is 6.79. The molecule has 1 aliphatic carbocycles. The molecule has 1 N–H and O–H groups in total. The molecule has 2 aliphatic rings. The van der Waals surface area contributed by atoms with Crippen molar-refractivity contribution in [3.8, 4) is 0 Å². The van der Waals surface area contributed by atoms with Crippen molar-refractivity contribution in [1.29, 1.82) is 0 Å². The largest absolute Gasteiger partial charge is 0.383 e. The molecule has 1 aliphatic heterocycles. The number of methoxy groups -OCH3 is 1. The predicted octanol–water partition coefficient (Wildman–Crippen LogP) is 1.63. The molecule has 3 nitrogen and oxygen atoms in total. The summed E-state index contributed by atoms with van der Waals surface area (Å²) >= 11 is 0. The summed E-state index contributed by atoms with van der Waals surface area (Å²) in [7, 11) is 1.82. The molecule has 0 aromatic carbocycles. The van der Waals surface area contributed by atoms with Gasteiger partial charge in [0.2, 0.25) is 0 Å². The lowest BCUT2D eigenvalue weighted by Crippen LogP contribution is -2.51. The van der Waals surface area contributed by atoms with Crippen LogP contribution < -0.4 is 5.32 Å². The van der Waals surface area contributed by atoms with Crippen LogP contribution in [0, 0.1) is 0 Å². The topological polar surface area (TPSA) is 24.5 Å². The second kappa shape index (κ2) is 5.99. The van der Waals surface area contributed by atoms with Crippen LogP contribution in [0.2, 0.25) is 0 Å². The van der Waals surface area contributed by atoms with Gasteiger partial charge in [-0.1, -0.05) is 6.42 Å². The van der Waals surface area contributed by atoms with Crippen LogP contribution in [0.4, 0.5) is 0 Å². The zero-order valence-corrected chi connectivity index (χ0v) is 10.7. The number of ether oxygens (including phenoxy) is 1. The van der Waals surface area contributed by atoms with E-state index in [1.54, 1.807) is 0 Å². The summed E-state index contributed by atoms with van der Waals surface area (Å²) in [6.45, 7) is 5.58. The van der Waals surface area contributed by atoms with E-state index in [4.69, 9.17) is 4.74 Å². The Morgan fingerprint density at radius 3 is 2.75 bits per heavy atom. The molecule has 0 radical (unpaired) electrons. The van der Waals surface area contributed by atoms with Crippen LogP contribution in [0.1, 0.15) is 39.0 Å². The Hall–Kier alpha value is -0.120. The average Bonchev–Trinajstić information content (AvgIpc) is 3.09. The molecule has 2 fully saturated rings. The number of hydrogen-bond donors (Lipinski definition) is 1. The SMILES string of the molecule is COCC(CNC1CC1)N1CCCCC1C. The fourth-order valence-electron chi connectivity index (χ4n) is 2.72. The van der Waals surface area contributed by atoms with Crippen LogP contribution in [0.3, 0.4) is 0 Å². The molecule has 1 saturated heterocycles. The van der Waals surface area contributed by atoms with Gasteiger partial charge >= 0.3 is 0 Å². The Morgan fingerprint density at radius 2 is 2.12 bits per heavy atom. The number of likely N-dealkylation sites (tertiary alicyclic amines) is 1. The quantitative estimate of drug-likeness (QED) is 0.745. The number of rotatable bonds is 6. The Morgan fingerprint density at radius 1 is 1.31 bits per heavy atom. The van der Waals surface area contributed by atoms with Crippen LogP contribution in [0.25, 0.3) is 0 Å². The van der Waals surface area contributed by atoms with Gasteiger partial charge in [-0.3, -0.25) is 4.90 Å². The zero-order chi connectivity index (χ0) is 11.4.